The maximum absolute atomic E-state index is 12.1. The van der Waals surface area contributed by atoms with Crippen molar-refractivity contribution in [3.8, 4) is 0 Å². The Labute approximate surface area is 137 Å². The van der Waals surface area contributed by atoms with Gasteiger partial charge in [0.15, 0.2) is 0 Å². The second-order valence-electron chi connectivity index (χ2n) is 4.42. The Kier molecular flexibility index (Phi) is 4.84. The summed E-state index contributed by atoms with van der Waals surface area (Å²) < 4.78 is 25.5. The Balaban J connectivity index is 2.08. The summed E-state index contributed by atoms with van der Waals surface area (Å²) >= 11 is 2.14. The second-order valence-corrected chi connectivity index (χ2v) is 7.41. The van der Waals surface area contributed by atoms with Gasteiger partial charge in [-0.15, -0.1) is 0 Å². The van der Waals surface area contributed by atoms with Gasteiger partial charge in [0.2, 0.25) is 10.0 Å². The fourth-order valence-electron chi connectivity index (χ4n) is 1.67. The first-order valence-corrected chi connectivity index (χ1v) is 8.95. The van der Waals surface area contributed by atoms with E-state index in [0.29, 0.717) is 16.9 Å². The third kappa shape index (κ3) is 5.01. The Bertz CT molecular complexity index is 758. The molecule has 5 nitrogen and oxygen atoms in total. The van der Waals surface area contributed by atoms with Crippen molar-refractivity contribution >= 4 is 49.9 Å². The monoisotopic (exact) mass is 416 g/mol. The molecule has 0 saturated heterocycles. The lowest BCUT2D eigenvalue weighted by atomic mass is 10.2. The molecule has 0 aliphatic carbocycles. The summed E-state index contributed by atoms with van der Waals surface area (Å²) in [6.45, 7) is 0. The van der Waals surface area contributed by atoms with Crippen LogP contribution in [0.15, 0.2) is 48.5 Å². The van der Waals surface area contributed by atoms with Crippen molar-refractivity contribution in [1.82, 2.24) is 0 Å². The number of halogens is 1. The largest absolute Gasteiger partial charge is 0.322 e. The minimum Gasteiger partial charge on any atom is -0.322 e. The first-order valence-electron chi connectivity index (χ1n) is 5.98. The number of hydrogen-bond acceptors (Lipinski definition) is 3. The molecule has 2 N–H and O–H groups in total. The number of amides is 1. The van der Waals surface area contributed by atoms with E-state index in [-0.39, 0.29) is 5.91 Å². The Morgan fingerprint density at radius 2 is 1.67 bits per heavy atom. The molecule has 0 atom stereocenters. The number of rotatable bonds is 4. The van der Waals surface area contributed by atoms with Crippen LogP contribution in [0, 0.1) is 3.57 Å². The van der Waals surface area contributed by atoms with Gasteiger partial charge in [0, 0.05) is 20.5 Å². The molecule has 0 unspecified atom stereocenters. The van der Waals surface area contributed by atoms with E-state index < -0.39 is 10.0 Å². The molecule has 2 aromatic carbocycles. The van der Waals surface area contributed by atoms with Crippen LogP contribution in [0.4, 0.5) is 11.4 Å². The van der Waals surface area contributed by atoms with Gasteiger partial charge in [0.1, 0.15) is 0 Å². The molecule has 0 aliphatic rings. The van der Waals surface area contributed by atoms with Crippen LogP contribution in [0.1, 0.15) is 10.4 Å². The van der Waals surface area contributed by atoms with Crippen LogP contribution in [0.25, 0.3) is 0 Å². The van der Waals surface area contributed by atoms with E-state index in [1.54, 1.807) is 36.4 Å². The van der Waals surface area contributed by atoms with Gasteiger partial charge in [-0.1, -0.05) is 6.07 Å². The molecule has 0 radical (unpaired) electrons. The minimum atomic E-state index is -3.30. The maximum atomic E-state index is 12.1. The summed E-state index contributed by atoms with van der Waals surface area (Å²) in [4.78, 5) is 12.1. The average molecular weight is 416 g/mol. The fourth-order valence-corrected chi connectivity index (χ4v) is 2.78. The Morgan fingerprint density at radius 3 is 2.24 bits per heavy atom. The van der Waals surface area contributed by atoms with Gasteiger partial charge >= 0.3 is 0 Å². The SMILES string of the molecule is CS(=O)(=O)Nc1ccc(NC(=O)c2cccc(I)c2)cc1. The molecular formula is C14H13IN2O3S. The lowest BCUT2D eigenvalue weighted by Crippen LogP contribution is -2.12. The molecule has 0 saturated carbocycles. The van der Waals surface area contributed by atoms with Gasteiger partial charge in [0.25, 0.3) is 5.91 Å². The van der Waals surface area contributed by atoms with Crippen LogP contribution in [-0.4, -0.2) is 20.6 Å². The summed E-state index contributed by atoms with van der Waals surface area (Å²) in [5.41, 5.74) is 1.61. The number of sulfonamides is 1. The molecule has 0 bridgehead atoms. The van der Waals surface area contributed by atoms with Crippen LogP contribution in [0.5, 0.6) is 0 Å². The van der Waals surface area contributed by atoms with E-state index in [4.69, 9.17) is 0 Å². The lowest BCUT2D eigenvalue weighted by Gasteiger charge is -2.07. The van der Waals surface area contributed by atoms with E-state index in [1.807, 2.05) is 12.1 Å². The topological polar surface area (TPSA) is 75.3 Å². The number of anilines is 2. The van der Waals surface area contributed by atoms with E-state index >= 15 is 0 Å². The number of carbonyl (C=O) groups excluding carboxylic acids is 1. The van der Waals surface area contributed by atoms with E-state index in [9.17, 15) is 13.2 Å². The average Bonchev–Trinajstić information content (AvgIpc) is 2.39. The van der Waals surface area contributed by atoms with Crippen LogP contribution < -0.4 is 10.0 Å². The van der Waals surface area contributed by atoms with Gasteiger partial charge in [-0.05, 0) is 65.1 Å². The first-order chi connectivity index (χ1) is 9.83. The summed E-state index contributed by atoms with van der Waals surface area (Å²) in [6, 6.07) is 13.7. The van der Waals surface area contributed by atoms with Crippen molar-refractivity contribution in [2.45, 2.75) is 0 Å². The molecule has 1 amide bonds. The summed E-state index contributed by atoms with van der Waals surface area (Å²) in [7, 11) is -3.30. The molecule has 0 aromatic heterocycles. The zero-order valence-corrected chi connectivity index (χ0v) is 14.1. The number of carbonyl (C=O) groups is 1. The van der Waals surface area contributed by atoms with Crippen LogP contribution in [0.2, 0.25) is 0 Å². The van der Waals surface area contributed by atoms with Gasteiger partial charge < -0.3 is 5.32 Å². The van der Waals surface area contributed by atoms with Gasteiger partial charge in [0.05, 0.1) is 6.26 Å². The highest BCUT2D eigenvalue weighted by molar-refractivity contribution is 14.1. The molecule has 7 heteroatoms. The standard InChI is InChI=1S/C14H13IN2O3S/c1-21(19,20)17-13-7-5-12(6-8-13)16-14(18)10-3-2-4-11(15)9-10/h2-9,17H,1H3,(H,16,18). The zero-order valence-electron chi connectivity index (χ0n) is 11.1. The molecule has 2 rings (SSSR count). The number of benzene rings is 2. The lowest BCUT2D eigenvalue weighted by molar-refractivity contribution is 0.102. The summed E-state index contributed by atoms with van der Waals surface area (Å²) in [5.74, 6) is -0.211. The van der Waals surface area contributed by atoms with Crippen molar-refractivity contribution < 1.29 is 13.2 Å². The quantitative estimate of drug-likeness (QED) is 0.753. The van der Waals surface area contributed by atoms with Crippen molar-refractivity contribution in [2.24, 2.45) is 0 Å². The third-order valence-electron chi connectivity index (χ3n) is 2.53. The predicted molar refractivity (Wildman–Crippen MR) is 92.0 cm³/mol. The summed E-state index contributed by atoms with van der Waals surface area (Å²) in [6.07, 6.45) is 1.08. The molecule has 0 aliphatic heterocycles. The molecular weight excluding hydrogens is 403 g/mol. The van der Waals surface area contributed by atoms with Crippen molar-refractivity contribution in [2.75, 3.05) is 16.3 Å². The van der Waals surface area contributed by atoms with Crippen LogP contribution >= 0.6 is 22.6 Å². The molecule has 0 spiro atoms. The van der Waals surface area contributed by atoms with Crippen LogP contribution in [0.3, 0.4) is 0 Å². The first kappa shape index (κ1) is 15.8. The van der Waals surface area contributed by atoms with Crippen molar-refractivity contribution in [3.05, 3.63) is 57.7 Å². The van der Waals surface area contributed by atoms with E-state index in [2.05, 4.69) is 32.6 Å². The number of hydrogen-bond donors (Lipinski definition) is 2. The predicted octanol–water partition coefficient (Wildman–Crippen LogP) is 2.92. The Hall–Kier alpha value is -1.61. The normalized spacial score (nSPS) is 11.0. The Morgan fingerprint density at radius 1 is 1.05 bits per heavy atom. The molecule has 21 heavy (non-hydrogen) atoms. The summed E-state index contributed by atoms with van der Waals surface area (Å²) in [5, 5.41) is 2.76. The van der Waals surface area contributed by atoms with Crippen molar-refractivity contribution in [1.29, 1.82) is 0 Å². The number of nitrogens with one attached hydrogen (secondary N) is 2. The van der Waals surface area contributed by atoms with Gasteiger partial charge in [-0.2, -0.15) is 0 Å². The van der Waals surface area contributed by atoms with Gasteiger partial charge in [-0.3, -0.25) is 9.52 Å². The fraction of sp³-hybridized carbons (Fsp3) is 0.0714. The molecule has 2 aromatic rings. The third-order valence-corrected chi connectivity index (χ3v) is 3.81. The highest BCUT2D eigenvalue weighted by atomic mass is 127. The molecule has 0 heterocycles. The minimum absolute atomic E-state index is 0.211. The highest BCUT2D eigenvalue weighted by Crippen LogP contribution is 2.16. The molecule has 0 fully saturated rings. The van der Waals surface area contributed by atoms with Crippen LogP contribution in [-0.2, 0) is 10.0 Å². The smallest absolute Gasteiger partial charge is 0.255 e. The zero-order chi connectivity index (χ0) is 15.5. The van der Waals surface area contributed by atoms with E-state index in [0.717, 1.165) is 9.83 Å². The molecule has 110 valence electrons. The second kappa shape index (κ2) is 6.44. The van der Waals surface area contributed by atoms with Gasteiger partial charge in [-0.25, -0.2) is 8.42 Å². The highest BCUT2D eigenvalue weighted by Gasteiger charge is 2.07. The maximum Gasteiger partial charge on any atom is 0.255 e. The van der Waals surface area contributed by atoms with E-state index in [1.165, 1.54) is 0 Å². The van der Waals surface area contributed by atoms with Crippen molar-refractivity contribution in [3.63, 3.8) is 0 Å².